The first-order valence-corrected chi connectivity index (χ1v) is 3.80. The van der Waals surface area contributed by atoms with E-state index in [2.05, 4.69) is 0 Å². The SMILES string of the molecule is [O]CCN1CCCC1C(=O)O. The topological polar surface area (TPSA) is 60.4 Å². The second-order valence-corrected chi connectivity index (χ2v) is 2.74. The average molecular weight is 158 g/mol. The van der Waals surface area contributed by atoms with Crippen LogP contribution in [-0.4, -0.2) is 41.7 Å². The van der Waals surface area contributed by atoms with Crippen LogP contribution in [0.3, 0.4) is 0 Å². The first-order valence-electron chi connectivity index (χ1n) is 3.80. The second kappa shape index (κ2) is 3.69. The van der Waals surface area contributed by atoms with E-state index in [0.29, 0.717) is 13.0 Å². The largest absolute Gasteiger partial charge is 0.480 e. The molecule has 1 heterocycles. The van der Waals surface area contributed by atoms with Gasteiger partial charge < -0.3 is 5.11 Å². The minimum Gasteiger partial charge on any atom is -0.480 e. The molecule has 1 N–H and O–H groups in total. The van der Waals surface area contributed by atoms with E-state index in [0.717, 1.165) is 13.0 Å². The van der Waals surface area contributed by atoms with E-state index < -0.39 is 12.0 Å². The molecular formula is C7H12NO3. The standard InChI is InChI=1S/C7H12NO3/c9-5-4-8-3-1-2-6(8)7(10)11/h6H,1-5H2,(H,10,11). The molecule has 1 fully saturated rings. The predicted molar refractivity (Wildman–Crippen MR) is 37.8 cm³/mol. The third-order valence-corrected chi connectivity index (χ3v) is 2.03. The van der Waals surface area contributed by atoms with Crippen molar-refractivity contribution in [2.75, 3.05) is 19.7 Å². The van der Waals surface area contributed by atoms with E-state index in [4.69, 9.17) is 5.11 Å². The number of carbonyl (C=O) groups is 1. The Labute approximate surface area is 65.4 Å². The quantitative estimate of drug-likeness (QED) is 0.627. The summed E-state index contributed by atoms with van der Waals surface area (Å²) in [7, 11) is 0. The molecule has 4 heteroatoms. The molecule has 0 aliphatic carbocycles. The van der Waals surface area contributed by atoms with Gasteiger partial charge in [0.05, 0.1) is 6.61 Å². The molecule has 0 aromatic heterocycles. The predicted octanol–water partition coefficient (Wildman–Crippen LogP) is -0.0341. The molecule has 1 aliphatic heterocycles. The summed E-state index contributed by atoms with van der Waals surface area (Å²) in [6.07, 6.45) is 1.59. The Morgan fingerprint density at radius 1 is 1.64 bits per heavy atom. The van der Waals surface area contributed by atoms with Crippen LogP contribution < -0.4 is 0 Å². The summed E-state index contributed by atoms with van der Waals surface area (Å²) in [5.41, 5.74) is 0. The number of hydrogen-bond donors (Lipinski definition) is 1. The molecule has 11 heavy (non-hydrogen) atoms. The van der Waals surface area contributed by atoms with Gasteiger partial charge in [-0.1, -0.05) is 0 Å². The molecule has 1 unspecified atom stereocenters. The molecule has 4 nitrogen and oxygen atoms in total. The van der Waals surface area contributed by atoms with Gasteiger partial charge in [0.25, 0.3) is 0 Å². The maximum Gasteiger partial charge on any atom is 0.320 e. The van der Waals surface area contributed by atoms with E-state index in [-0.39, 0.29) is 6.61 Å². The molecule has 1 aliphatic rings. The minimum absolute atomic E-state index is 0.205. The Morgan fingerprint density at radius 2 is 2.36 bits per heavy atom. The lowest BCUT2D eigenvalue weighted by molar-refractivity contribution is -0.142. The van der Waals surface area contributed by atoms with Crippen molar-refractivity contribution in [3.8, 4) is 0 Å². The van der Waals surface area contributed by atoms with Gasteiger partial charge in [0.2, 0.25) is 0 Å². The Bertz CT molecular complexity index is 149. The fraction of sp³-hybridized carbons (Fsp3) is 0.857. The third-order valence-electron chi connectivity index (χ3n) is 2.03. The number of rotatable bonds is 3. The summed E-state index contributed by atoms with van der Waals surface area (Å²) in [4.78, 5) is 12.3. The monoisotopic (exact) mass is 158 g/mol. The summed E-state index contributed by atoms with van der Waals surface area (Å²) in [5, 5.41) is 18.9. The highest BCUT2D eigenvalue weighted by Crippen LogP contribution is 2.16. The number of carboxylic acid groups (broad SMARTS) is 1. The fourth-order valence-corrected chi connectivity index (χ4v) is 1.49. The van der Waals surface area contributed by atoms with Crippen LogP contribution in [0.1, 0.15) is 12.8 Å². The Morgan fingerprint density at radius 3 is 2.91 bits per heavy atom. The lowest BCUT2D eigenvalue weighted by Crippen LogP contribution is -2.37. The Kier molecular flexibility index (Phi) is 2.84. The molecule has 0 bridgehead atoms. The van der Waals surface area contributed by atoms with Crippen LogP contribution in [-0.2, 0) is 9.90 Å². The summed E-state index contributed by atoms with van der Waals surface area (Å²) >= 11 is 0. The highest BCUT2D eigenvalue weighted by molar-refractivity contribution is 5.73. The molecule has 1 rings (SSSR count). The number of aliphatic carboxylic acids is 1. The molecule has 0 saturated carbocycles. The number of nitrogens with zero attached hydrogens (tertiary/aromatic N) is 1. The van der Waals surface area contributed by atoms with Gasteiger partial charge >= 0.3 is 5.97 Å². The van der Waals surface area contributed by atoms with Crippen molar-refractivity contribution >= 4 is 5.97 Å². The minimum atomic E-state index is -0.795. The summed E-state index contributed by atoms with van der Waals surface area (Å²) < 4.78 is 0. The van der Waals surface area contributed by atoms with Crippen molar-refractivity contribution in [2.45, 2.75) is 18.9 Å². The average Bonchev–Trinajstić information content (AvgIpc) is 2.36. The maximum atomic E-state index is 10.5. The molecule has 0 aromatic carbocycles. The number of likely N-dealkylation sites (tertiary alicyclic amines) is 1. The molecule has 0 amide bonds. The zero-order valence-corrected chi connectivity index (χ0v) is 6.32. The van der Waals surface area contributed by atoms with Crippen molar-refractivity contribution in [2.24, 2.45) is 0 Å². The molecule has 1 atom stereocenters. The maximum absolute atomic E-state index is 10.5. The van der Waals surface area contributed by atoms with Gasteiger partial charge in [0, 0.05) is 6.54 Å². The van der Waals surface area contributed by atoms with Crippen LogP contribution in [0, 0.1) is 0 Å². The van der Waals surface area contributed by atoms with Crippen molar-refractivity contribution in [1.82, 2.24) is 4.90 Å². The van der Waals surface area contributed by atoms with E-state index in [1.54, 1.807) is 4.90 Å². The molecule has 63 valence electrons. The lowest BCUT2D eigenvalue weighted by atomic mass is 10.2. The van der Waals surface area contributed by atoms with Crippen molar-refractivity contribution in [3.63, 3.8) is 0 Å². The van der Waals surface area contributed by atoms with Crippen LogP contribution in [0.2, 0.25) is 0 Å². The summed E-state index contributed by atoms with van der Waals surface area (Å²) in [6.45, 7) is 0.931. The van der Waals surface area contributed by atoms with Gasteiger partial charge in [0.15, 0.2) is 0 Å². The van der Waals surface area contributed by atoms with E-state index >= 15 is 0 Å². The Hall–Kier alpha value is -0.610. The summed E-state index contributed by atoms with van der Waals surface area (Å²) in [6, 6.07) is -0.399. The highest BCUT2D eigenvalue weighted by atomic mass is 16.4. The van der Waals surface area contributed by atoms with E-state index in [1.807, 2.05) is 0 Å². The zero-order valence-electron chi connectivity index (χ0n) is 6.32. The molecule has 0 aromatic rings. The summed E-state index contributed by atoms with van der Waals surface area (Å²) in [5.74, 6) is -0.795. The van der Waals surface area contributed by atoms with Crippen LogP contribution in [0.4, 0.5) is 0 Å². The van der Waals surface area contributed by atoms with E-state index in [9.17, 15) is 9.90 Å². The highest BCUT2D eigenvalue weighted by Gasteiger charge is 2.29. The number of carboxylic acids is 1. The van der Waals surface area contributed by atoms with Gasteiger partial charge in [-0.15, -0.1) is 0 Å². The van der Waals surface area contributed by atoms with Gasteiger partial charge in [-0.05, 0) is 19.4 Å². The zero-order chi connectivity index (χ0) is 8.27. The molecular weight excluding hydrogens is 146 g/mol. The first kappa shape index (κ1) is 8.49. The van der Waals surface area contributed by atoms with Crippen molar-refractivity contribution in [3.05, 3.63) is 0 Å². The van der Waals surface area contributed by atoms with Gasteiger partial charge in [-0.2, -0.15) is 0 Å². The second-order valence-electron chi connectivity index (χ2n) is 2.74. The molecule has 1 saturated heterocycles. The van der Waals surface area contributed by atoms with Crippen LogP contribution >= 0.6 is 0 Å². The Balaban J connectivity index is 2.44. The van der Waals surface area contributed by atoms with Gasteiger partial charge in [-0.25, -0.2) is 5.11 Å². The number of hydrogen-bond acceptors (Lipinski definition) is 2. The van der Waals surface area contributed by atoms with Crippen molar-refractivity contribution in [1.29, 1.82) is 0 Å². The van der Waals surface area contributed by atoms with Crippen LogP contribution in [0.25, 0.3) is 0 Å². The van der Waals surface area contributed by atoms with Crippen LogP contribution in [0.5, 0.6) is 0 Å². The lowest BCUT2D eigenvalue weighted by Gasteiger charge is -2.18. The smallest absolute Gasteiger partial charge is 0.320 e. The van der Waals surface area contributed by atoms with Crippen molar-refractivity contribution < 1.29 is 15.0 Å². The van der Waals surface area contributed by atoms with Gasteiger partial charge in [0.1, 0.15) is 6.04 Å². The fourth-order valence-electron chi connectivity index (χ4n) is 1.49. The third kappa shape index (κ3) is 1.91. The van der Waals surface area contributed by atoms with Gasteiger partial charge in [-0.3, -0.25) is 9.69 Å². The van der Waals surface area contributed by atoms with Crippen LogP contribution in [0.15, 0.2) is 0 Å². The first-order chi connectivity index (χ1) is 5.25. The van der Waals surface area contributed by atoms with E-state index in [1.165, 1.54) is 0 Å². The molecule has 1 radical (unpaired) electrons. The molecule has 0 spiro atoms. The normalized spacial score (nSPS) is 25.7.